The fourth-order valence-corrected chi connectivity index (χ4v) is 4.59. The third-order valence-electron chi connectivity index (χ3n) is 5.51. The Hall–Kier alpha value is -2.55. The third kappa shape index (κ3) is 2.95. The summed E-state index contributed by atoms with van der Waals surface area (Å²) in [5.74, 6) is 1.18. The highest BCUT2D eigenvalue weighted by atomic mass is 32.1. The zero-order valence-corrected chi connectivity index (χ0v) is 16.0. The van der Waals surface area contributed by atoms with Gasteiger partial charge in [0.2, 0.25) is 0 Å². The number of rotatable bonds is 5. The van der Waals surface area contributed by atoms with Gasteiger partial charge in [-0.2, -0.15) is 0 Å². The first kappa shape index (κ1) is 17.8. The maximum Gasteiger partial charge on any atom is 0.325 e. The van der Waals surface area contributed by atoms with Crippen molar-refractivity contribution in [3.8, 4) is 11.5 Å². The number of carbonyl (C=O) groups is 2. The second-order valence-electron chi connectivity index (χ2n) is 6.93. The number of piperazine rings is 1. The number of likely N-dealkylation sites (tertiary alicyclic amines) is 1. The van der Waals surface area contributed by atoms with E-state index in [1.165, 1.54) is 0 Å². The second-order valence-corrected chi connectivity index (χ2v) is 7.31. The molecule has 27 heavy (non-hydrogen) atoms. The lowest BCUT2D eigenvalue weighted by Crippen LogP contribution is -2.57. The van der Waals surface area contributed by atoms with E-state index < -0.39 is 6.04 Å². The molecule has 0 saturated carbocycles. The van der Waals surface area contributed by atoms with Crippen LogP contribution in [0.15, 0.2) is 18.2 Å². The van der Waals surface area contributed by atoms with Crippen LogP contribution in [0.5, 0.6) is 11.5 Å². The molecular formula is C18H22N4O4S. The number of ether oxygens (including phenoxy) is 2. The van der Waals surface area contributed by atoms with Crippen molar-refractivity contribution in [2.75, 3.05) is 27.3 Å². The summed E-state index contributed by atoms with van der Waals surface area (Å²) in [5, 5.41) is 6.31. The number of urea groups is 1. The predicted octanol–water partition coefficient (Wildman–Crippen LogP) is 0.498. The summed E-state index contributed by atoms with van der Waals surface area (Å²) < 4.78 is 10.6. The maximum atomic E-state index is 12.0. The zero-order chi connectivity index (χ0) is 19.1. The summed E-state index contributed by atoms with van der Waals surface area (Å²) in [5.41, 5.74) is 1.11. The Morgan fingerprint density at radius 3 is 2.81 bits per heavy atom. The van der Waals surface area contributed by atoms with Gasteiger partial charge in [-0.05, 0) is 42.8 Å². The van der Waals surface area contributed by atoms with Gasteiger partial charge in [0.1, 0.15) is 6.04 Å². The molecular weight excluding hydrogens is 368 g/mol. The summed E-state index contributed by atoms with van der Waals surface area (Å²) in [4.78, 5) is 27.6. The molecule has 144 valence electrons. The standard InChI is InChI=1S/C18H22N4O4S/c1-25-13-4-3-10(7-14(13)26-2)5-6-19-18(27)21-9-11-8-12(21)15-16(23)20-17(24)22(11)15/h3-4,7,11-12,15H,5-6,8-9H2,1-2H3,(H,19,27)(H,20,23,24). The molecule has 1 aromatic carbocycles. The van der Waals surface area contributed by atoms with Crippen molar-refractivity contribution in [2.45, 2.75) is 31.0 Å². The number of methoxy groups -OCH3 is 2. The van der Waals surface area contributed by atoms with E-state index in [0.717, 1.165) is 18.4 Å². The smallest absolute Gasteiger partial charge is 0.325 e. The lowest BCUT2D eigenvalue weighted by atomic mass is 10.1. The highest BCUT2D eigenvalue weighted by molar-refractivity contribution is 7.80. The number of hydrogen-bond acceptors (Lipinski definition) is 5. The molecule has 9 heteroatoms. The number of carbonyl (C=O) groups excluding carboxylic acids is 2. The summed E-state index contributed by atoms with van der Waals surface area (Å²) >= 11 is 5.54. The molecule has 3 fully saturated rings. The normalized spacial score (nSPS) is 25.5. The summed E-state index contributed by atoms with van der Waals surface area (Å²) in [6.45, 7) is 1.34. The van der Waals surface area contributed by atoms with Crippen LogP contribution in [0.25, 0.3) is 0 Å². The van der Waals surface area contributed by atoms with E-state index >= 15 is 0 Å². The van der Waals surface area contributed by atoms with Crippen LogP contribution in [0, 0.1) is 0 Å². The van der Waals surface area contributed by atoms with E-state index in [4.69, 9.17) is 21.7 Å². The van der Waals surface area contributed by atoms with E-state index in [0.29, 0.717) is 29.7 Å². The number of nitrogens with one attached hydrogen (secondary N) is 2. The Kier molecular flexibility index (Phi) is 4.55. The van der Waals surface area contributed by atoms with Crippen LogP contribution in [0.2, 0.25) is 0 Å². The molecule has 0 aliphatic carbocycles. The molecule has 1 aromatic rings. The second kappa shape index (κ2) is 6.88. The molecule has 8 nitrogen and oxygen atoms in total. The van der Waals surface area contributed by atoms with E-state index in [1.54, 1.807) is 19.1 Å². The average molecular weight is 390 g/mol. The number of imide groups is 1. The molecule has 3 atom stereocenters. The van der Waals surface area contributed by atoms with Gasteiger partial charge in [-0.1, -0.05) is 6.07 Å². The van der Waals surface area contributed by atoms with E-state index in [9.17, 15) is 9.59 Å². The number of nitrogens with zero attached hydrogens (tertiary/aromatic N) is 2. The van der Waals surface area contributed by atoms with Crippen molar-refractivity contribution >= 4 is 29.3 Å². The van der Waals surface area contributed by atoms with Gasteiger partial charge in [0.25, 0.3) is 5.91 Å². The molecule has 3 aliphatic heterocycles. The third-order valence-corrected chi connectivity index (χ3v) is 5.89. The summed E-state index contributed by atoms with van der Waals surface area (Å²) in [6, 6.07) is 5.16. The van der Waals surface area contributed by atoms with Crippen molar-refractivity contribution in [1.82, 2.24) is 20.4 Å². The minimum Gasteiger partial charge on any atom is -0.493 e. The first-order valence-electron chi connectivity index (χ1n) is 8.92. The van der Waals surface area contributed by atoms with Gasteiger partial charge < -0.3 is 24.6 Å². The maximum absolute atomic E-state index is 12.0. The highest BCUT2D eigenvalue weighted by Crippen LogP contribution is 2.38. The van der Waals surface area contributed by atoms with Crippen molar-refractivity contribution in [3.05, 3.63) is 23.8 Å². The van der Waals surface area contributed by atoms with Crippen molar-refractivity contribution < 1.29 is 19.1 Å². The Labute approximate surface area is 162 Å². The molecule has 2 bridgehead atoms. The molecule has 3 saturated heterocycles. The van der Waals surface area contributed by atoms with Crippen LogP contribution in [-0.2, 0) is 11.2 Å². The molecule has 0 spiro atoms. The van der Waals surface area contributed by atoms with Gasteiger partial charge in [-0.25, -0.2) is 4.79 Å². The number of amides is 3. The number of hydrogen-bond donors (Lipinski definition) is 2. The Balaban J connectivity index is 1.33. The van der Waals surface area contributed by atoms with Crippen molar-refractivity contribution in [3.63, 3.8) is 0 Å². The minimum absolute atomic E-state index is 0.0393. The molecule has 3 amide bonds. The monoisotopic (exact) mass is 390 g/mol. The van der Waals surface area contributed by atoms with Crippen LogP contribution >= 0.6 is 12.2 Å². The van der Waals surface area contributed by atoms with Crippen LogP contribution in [0.3, 0.4) is 0 Å². The quantitative estimate of drug-likeness (QED) is 0.560. The lowest BCUT2D eigenvalue weighted by Gasteiger charge is -2.36. The van der Waals surface area contributed by atoms with Gasteiger partial charge in [0, 0.05) is 13.1 Å². The van der Waals surface area contributed by atoms with E-state index in [-0.39, 0.29) is 24.0 Å². The Morgan fingerprint density at radius 2 is 2.07 bits per heavy atom. The SMILES string of the molecule is COc1ccc(CCNC(=S)N2CC3CC2C2C(=O)NC(=O)N32)cc1OC. The fourth-order valence-electron chi connectivity index (χ4n) is 4.28. The first-order valence-corrected chi connectivity index (χ1v) is 9.33. The van der Waals surface area contributed by atoms with Gasteiger partial charge in [-0.3, -0.25) is 10.1 Å². The van der Waals surface area contributed by atoms with Gasteiger partial charge in [-0.15, -0.1) is 0 Å². The van der Waals surface area contributed by atoms with Crippen LogP contribution in [0.4, 0.5) is 4.79 Å². The molecule has 3 unspecified atom stereocenters. The van der Waals surface area contributed by atoms with Gasteiger partial charge >= 0.3 is 6.03 Å². The number of thiocarbonyl (C=S) groups is 1. The first-order chi connectivity index (χ1) is 13.0. The average Bonchev–Trinajstić information content (AvgIpc) is 3.34. The van der Waals surface area contributed by atoms with Crippen LogP contribution in [-0.4, -0.2) is 72.3 Å². The summed E-state index contributed by atoms with van der Waals surface area (Å²) in [7, 11) is 3.23. The van der Waals surface area contributed by atoms with Crippen molar-refractivity contribution in [1.29, 1.82) is 0 Å². The largest absolute Gasteiger partial charge is 0.493 e. The van der Waals surface area contributed by atoms with E-state index in [2.05, 4.69) is 10.6 Å². The number of benzene rings is 1. The summed E-state index contributed by atoms with van der Waals surface area (Å²) in [6.07, 6.45) is 1.57. The fraction of sp³-hybridized carbons (Fsp3) is 0.500. The van der Waals surface area contributed by atoms with Crippen LogP contribution < -0.4 is 20.1 Å². The topological polar surface area (TPSA) is 83.1 Å². The Bertz CT molecular complexity index is 802. The molecule has 0 radical (unpaired) electrons. The van der Waals surface area contributed by atoms with Crippen molar-refractivity contribution in [2.24, 2.45) is 0 Å². The van der Waals surface area contributed by atoms with E-state index in [1.807, 2.05) is 23.1 Å². The molecule has 3 heterocycles. The minimum atomic E-state index is -0.415. The van der Waals surface area contributed by atoms with Gasteiger partial charge in [0.15, 0.2) is 16.6 Å². The Morgan fingerprint density at radius 1 is 1.30 bits per heavy atom. The molecule has 2 N–H and O–H groups in total. The zero-order valence-electron chi connectivity index (χ0n) is 15.2. The lowest BCUT2D eigenvalue weighted by molar-refractivity contribution is -0.122. The molecule has 0 aromatic heterocycles. The number of fused-ring (bicyclic) bond motifs is 5. The highest BCUT2D eigenvalue weighted by Gasteiger charge is 2.59. The predicted molar refractivity (Wildman–Crippen MR) is 102 cm³/mol. The van der Waals surface area contributed by atoms with Gasteiger partial charge in [0.05, 0.1) is 26.3 Å². The molecule has 4 rings (SSSR count). The molecule has 3 aliphatic rings. The van der Waals surface area contributed by atoms with Crippen LogP contribution in [0.1, 0.15) is 12.0 Å².